The molecule has 0 spiro atoms. The second-order valence-electron chi connectivity index (χ2n) is 9.05. The van der Waals surface area contributed by atoms with E-state index in [9.17, 15) is 14.6 Å². The predicted octanol–water partition coefficient (Wildman–Crippen LogP) is 2.38. The van der Waals surface area contributed by atoms with E-state index in [1.165, 1.54) is 0 Å². The summed E-state index contributed by atoms with van der Waals surface area (Å²) in [5.74, 6) is 2.72. The van der Waals surface area contributed by atoms with E-state index in [4.69, 9.17) is 0 Å². The van der Waals surface area contributed by atoms with Gasteiger partial charge in [0, 0.05) is 37.1 Å². The lowest BCUT2D eigenvalue weighted by molar-refractivity contribution is 0.00769. The van der Waals surface area contributed by atoms with Crippen LogP contribution >= 0.6 is 0 Å². The van der Waals surface area contributed by atoms with E-state index in [0.717, 1.165) is 22.2 Å². The molecule has 5 heterocycles. The van der Waals surface area contributed by atoms with Crippen molar-refractivity contribution in [2.24, 2.45) is 0 Å². The van der Waals surface area contributed by atoms with Gasteiger partial charge in [-0.15, -0.1) is 0 Å². The zero-order valence-electron chi connectivity index (χ0n) is 18.7. The van der Waals surface area contributed by atoms with Crippen LogP contribution < -0.4 is 15.1 Å². The summed E-state index contributed by atoms with van der Waals surface area (Å²) in [5, 5.41) is 24.9. The summed E-state index contributed by atoms with van der Waals surface area (Å²) in [4.78, 5) is 21.9. The van der Waals surface area contributed by atoms with Crippen molar-refractivity contribution in [1.82, 2.24) is 19.9 Å². The lowest BCUT2D eigenvalue weighted by atomic mass is 9.98. The van der Waals surface area contributed by atoms with E-state index < -0.39 is 18.4 Å². The standard InChI is InChI=1S/C23H28FN7O2/c1-13(2)16-8-27-22(31-10-14(24)11-31)17-9-26-21(7-15(16)17)28-20-3-5-25-23(29-20)30-6-4-18(32)19(33)12-30/h3,5,7-9,13-14,18-19,32-33H,4,6,10-12H2,1-2H3,(H,25,26,28,29)/t18-,19+/m1/s1. The monoisotopic (exact) mass is 453 g/mol. The maximum absolute atomic E-state index is 13.4. The number of aliphatic hydroxyl groups excluding tert-OH is 2. The van der Waals surface area contributed by atoms with Crippen molar-refractivity contribution in [2.75, 3.05) is 41.3 Å². The van der Waals surface area contributed by atoms with Crippen molar-refractivity contribution in [2.45, 2.75) is 44.6 Å². The lowest BCUT2D eigenvalue weighted by Gasteiger charge is -2.36. The third-order valence-electron chi connectivity index (χ3n) is 6.27. The van der Waals surface area contributed by atoms with Gasteiger partial charge in [0.2, 0.25) is 5.95 Å². The summed E-state index contributed by atoms with van der Waals surface area (Å²) in [6.07, 6.45) is 3.42. The number of hydrogen-bond donors (Lipinski definition) is 3. The van der Waals surface area contributed by atoms with Gasteiger partial charge in [-0.25, -0.2) is 19.3 Å². The average Bonchev–Trinajstić information content (AvgIpc) is 2.78. The molecule has 3 N–H and O–H groups in total. The quantitative estimate of drug-likeness (QED) is 0.536. The SMILES string of the molecule is CC(C)c1cnc(N2CC(F)C2)c2cnc(Nc3ccnc(N4CC[C@@H](O)[C@@H](O)C4)n3)cc12. The van der Waals surface area contributed by atoms with Gasteiger partial charge in [0.25, 0.3) is 0 Å². The Kier molecular flexibility index (Phi) is 5.71. The molecule has 0 amide bonds. The molecule has 174 valence electrons. The van der Waals surface area contributed by atoms with Gasteiger partial charge >= 0.3 is 0 Å². The highest BCUT2D eigenvalue weighted by molar-refractivity contribution is 5.96. The topological polar surface area (TPSA) is 111 Å². The minimum atomic E-state index is -0.822. The van der Waals surface area contributed by atoms with E-state index in [-0.39, 0.29) is 12.5 Å². The highest BCUT2D eigenvalue weighted by Crippen LogP contribution is 2.34. The molecular weight excluding hydrogens is 425 g/mol. The number of hydrogen-bond acceptors (Lipinski definition) is 9. The van der Waals surface area contributed by atoms with Crippen molar-refractivity contribution >= 4 is 34.2 Å². The number of nitrogens with zero attached hydrogens (tertiary/aromatic N) is 6. The first kappa shape index (κ1) is 21.7. The maximum Gasteiger partial charge on any atom is 0.227 e. The van der Waals surface area contributed by atoms with Crippen LogP contribution in [0.1, 0.15) is 31.7 Å². The van der Waals surface area contributed by atoms with Gasteiger partial charge in [0.1, 0.15) is 23.6 Å². The van der Waals surface area contributed by atoms with Crippen LogP contribution in [0.5, 0.6) is 0 Å². The Hall–Kier alpha value is -3.11. The molecule has 0 aromatic carbocycles. The summed E-state index contributed by atoms with van der Waals surface area (Å²) in [7, 11) is 0. The third-order valence-corrected chi connectivity index (χ3v) is 6.27. The number of aliphatic hydroxyl groups is 2. The third kappa shape index (κ3) is 4.28. The van der Waals surface area contributed by atoms with Crippen molar-refractivity contribution in [3.8, 4) is 0 Å². The molecule has 0 saturated carbocycles. The first-order chi connectivity index (χ1) is 15.9. The van der Waals surface area contributed by atoms with Crippen LogP contribution in [0.4, 0.5) is 27.8 Å². The lowest BCUT2D eigenvalue weighted by Crippen LogP contribution is -2.48. The molecule has 2 fully saturated rings. The predicted molar refractivity (Wildman–Crippen MR) is 125 cm³/mol. The molecule has 2 saturated heterocycles. The van der Waals surface area contributed by atoms with Crippen molar-refractivity contribution < 1.29 is 14.6 Å². The molecule has 10 heteroatoms. The van der Waals surface area contributed by atoms with E-state index in [2.05, 4.69) is 39.1 Å². The number of nitrogens with one attached hydrogen (secondary N) is 1. The Balaban J connectivity index is 1.43. The zero-order chi connectivity index (χ0) is 23.1. The van der Waals surface area contributed by atoms with E-state index in [1.807, 2.05) is 22.1 Å². The van der Waals surface area contributed by atoms with Crippen LogP contribution in [0.3, 0.4) is 0 Å². The van der Waals surface area contributed by atoms with Crippen LogP contribution in [0.2, 0.25) is 0 Å². The fraction of sp³-hybridized carbons (Fsp3) is 0.478. The highest BCUT2D eigenvalue weighted by Gasteiger charge is 2.29. The molecule has 0 aliphatic carbocycles. The maximum atomic E-state index is 13.4. The van der Waals surface area contributed by atoms with Crippen LogP contribution in [0, 0.1) is 0 Å². The highest BCUT2D eigenvalue weighted by atomic mass is 19.1. The Morgan fingerprint density at radius 1 is 1.00 bits per heavy atom. The van der Waals surface area contributed by atoms with E-state index >= 15 is 0 Å². The number of β-amino-alcohol motifs (C(OH)–C–C–N with tert-alkyl or cyclic N) is 1. The molecule has 0 unspecified atom stereocenters. The number of anilines is 4. The smallest absolute Gasteiger partial charge is 0.227 e. The van der Waals surface area contributed by atoms with E-state index in [1.54, 1.807) is 18.5 Å². The summed E-state index contributed by atoms with van der Waals surface area (Å²) in [6.45, 7) is 5.80. The van der Waals surface area contributed by atoms with Crippen LogP contribution in [-0.4, -0.2) is 74.7 Å². The first-order valence-corrected chi connectivity index (χ1v) is 11.3. The molecule has 5 rings (SSSR count). The number of pyridine rings is 2. The van der Waals surface area contributed by atoms with Crippen molar-refractivity contribution in [1.29, 1.82) is 0 Å². The molecule has 0 radical (unpaired) electrons. The van der Waals surface area contributed by atoms with Crippen LogP contribution in [0.15, 0.2) is 30.7 Å². The van der Waals surface area contributed by atoms with Gasteiger partial charge in [0.15, 0.2) is 0 Å². The molecule has 2 aliphatic rings. The summed E-state index contributed by atoms with van der Waals surface area (Å²) in [6, 6.07) is 3.73. The summed E-state index contributed by atoms with van der Waals surface area (Å²) in [5.41, 5.74) is 1.10. The van der Waals surface area contributed by atoms with Gasteiger partial charge in [0.05, 0.1) is 25.3 Å². The van der Waals surface area contributed by atoms with Gasteiger partial charge in [-0.3, -0.25) is 0 Å². The van der Waals surface area contributed by atoms with Gasteiger partial charge < -0.3 is 25.3 Å². The minimum absolute atomic E-state index is 0.265. The number of alkyl halides is 1. The van der Waals surface area contributed by atoms with Gasteiger partial charge in [-0.2, -0.15) is 4.98 Å². The summed E-state index contributed by atoms with van der Waals surface area (Å²) < 4.78 is 13.4. The van der Waals surface area contributed by atoms with Gasteiger partial charge in [-0.05, 0) is 35.4 Å². The Labute approximate surface area is 191 Å². The van der Waals surface area contributed by atoms with Gasteiger partial charge in [-0.1, -0.05) is 13.8 Å². The molecule has 33 heavy (non-hydrogen) atoms. The minimum Gasteiger partial charge on any atom is -0.390 e. The Morgan fingerprint density at radius 2 is 1.82 bits per heavy atom. The van der Waals surface area contributed by atoms with E-state index in [0.29, 0.717) is 43.6 Å². The molecule has 2 atom stereocenters. The molecule has 3 aromatic rings. The number of piperidine rings is 1. The second kappa shape index (κ2) is 8.68. The van der Waals surface area contributed by atoms with Crippen LogP contribution in [0.25, 0.3) is 10.8 Å². The largest absolute Gasteiger partial charge is 0.390 e. The number of halogens is 1. The number of rotatable bonds is 5. The fourth-order valence-electron chi connectivity index (χ4n) is 4.32. The molecule has 0 bridgehead atoms. The molecule has 3 aromatic heterocycles. The first-order valence-electron chi connectivity index (χ1n) is 11.3. The molecule has 2 aliphatic heterocycles. The molecule has 9 nitrogen and oxygen atoms in total. The average molecular weight is 454 g/mol. The zero-order valence-corrected chi connectivity index (χ0v) is 18.7. The number of fused-ring (bicyclic) bond motifs is 1. The molecular formula is C23H28FN7O2. The summed E-state index contributed by atoms with van der Waals surface area (Å²) >= 11 is 0. The normalized spacial score (nSPS) is 21.5. The van der Waals surface area contributed by atoms with Crippen molar-refractivity contribution in [3.05, 3.63) is 36.3 Å². The van der Waals surface area contributed by atoms with Crippen LogP contribution in [-0.2, 0) is 0 Å². The number of aromatic nitrogens is 4. The Morgan fingerprint density at radius 3 is 2.55 bits per heavy atom. The van der Waals surface area contributed by atoms with Crippen molar-refractivity contribution in [3.63, 3.8) is 0 Å². The Bertz CT molecular complexity index is 1150. The second-order valence-corrected chi connectivity index (χ2v) is 9.05. The fourth-order valence-corrected chi connectivity index (χ4v) is 4.32.